The van der Waals surface area contributed by atoms with Gasteiger partial charge >= 0.3 is 0 Å². The molecule has 1 aliphatic heterocycles. The second kappa shape index (κ2) is 7.95. The van der Waals surface area contributed by atoms with Crippen LogP contribution < -0.4 is 10.5 Å². The highest BCUT2D eigenvalue weighted by Crippen LogP contribution is 2.17. The number of nitrogens with two attached hydrogens (primary N) is 1. The van der Waals surface area contributed by atoms with Crippen molar-refractivity contribution in [1.82, 2.24) is 9.62 Å². The van der Waals surface area contributed by atoms with Gasteiger partial charge < -0.3 is 10.6 Å². The van der Waals surface area contributed by atoms with E-state index in [9.17, 15) is 13.2 Å². The summed E-state index contributed by atoms with van der Waals surface area (Å²) in [5, 5.41) is 0. The zero-order valence-corrected chi connectivity index (χ0v) is 13.3. The van der Waals surface area contributed by atoms with Gasteiger partial charge in [-0.2, -0.15) is 0 Å². The van der Waals surface area contributed by atoms with Crippen molar-refractivity contribution in [2.24, 2.45) is 11.7 Å². The molecule has 0 bridgehead atoms. The number of carbonyl (C=O) groups excluding carboxylic acids is 1. The normalized spacial score (nSPS) is 21.8. The lowest BCUT2D eigenvalue weighted by atomic mass is 9.97. The third-order valence-electron chi connectivity index (χ3n) is 3.65. The number of carbonyl (C=O) groups is 1. The van der Waals surface area contributed by atoms with Gasteiger partial charge in [0.15, 0.2) is 0 Å². The quantitative estimate of drug-likeness (QED) is 0.707. The van der Waals surface area contributed by atoms with Crippen LogP contribution in [0.5, 0.6) is 0 Å². The molecule has 0 spiro atoms. The highest BCUT2D eigenvalue weighted by Gasteiger charge is 2.27. The van der Waals surface area contributed by atoms with Gasteiger partial charge in [0.25, 0.3) is 0 Å². The Morgan fingerprint density at radius 2 is 2.20 bits per heavy atom. The number of rotatable bonds is 7. The molecule has 1 aliphatic rings. The number of piperidine rings is 1. The van der Waals surface area contributed by atoms with Crippen LogP contribution in [0.2, 0.25) is 0 Å². The molecule has 1 rings (SSSR count). The lowest BCUT2D eigenvalue weighted by Crippen LogP contribution is -2.49. The molecule has 0 aromatic heterocycles. The van der Waals surface area contributed by atoms with E-state index in [0.717, 1.165) is 44.9 Å². The number of nitrogens with zero attached hydrogens (tertiary/aromatic N) is 1. The molecule has 0 radical (unpaired) electrons. The maximum Gasteiger partial charge on any atom is 0.239 e. The van der Waals surface area contributed by atoms with Crippen molar-refractivity contribution in [3.05, 3.63) is 0 Å². The van der Waals surface area contributed by atoms with Gasteiger partial charge in [0, 0.05) is 19.6 Å². The van der Waals surface area contributed by atoms with Gasteiger partial charge in [0.1, 0.15) is 0 Å². The Hall–Kier alpha value is -0.660. The first-order chi connectivity index (χ1) is 9.33. The van der Waals surface area contributed by atoms with Crippen LogP contribution >= 0.6 is 0 Å². The summed E-state index contributed by atoms with van der Waals surface area (Å²) in [6.07, 6.45) is 5.71. The molecule has 0 aliphatic carbocycles. The summed E-state index contributed by atoms with van der Waals surface area (Å²) in [4.78, 5) is 14.0. The van der Waals surface area contributed by atoms with Gasteiger partial charge in [0.05, 0.1) is 12.3 Å². The standard InChI is InChI=1S/C13H27N3O3S/c1-3-4-7-12(14)13(17)16-8-5-6-11(10-16)9-15-20(2,18)19/h11-12,15H,3-10,14H2,1-2H3. The minimum atomic E-state index is -3.17. The Balaban J connectivity index is 2.45. The number of unbranched alkanes of at least 4 members (excludes halogenated alkanes) is 1. The highest BCUT2D eigenvalue weighted by molar-refractivity contribution is 7.88. The fourth-order valence-electron chi connectivity index (χ4n) is 2.48. The van der Waals surface area contributed by atoms with Crippen LogP contribution in [0.4, 0.5) is 0 Å². The summed E-state index contributed by atoms with van der Waals surface area (Å²) >= 11 is 0. The summed E-state index contributed by atoms with van der Waals surface area (Å²) < 4.78 is 24.7. The second-order valence-corrected chi connectivity index (χ2v) is 7.49. The lowest BCUT2D eigenvalue weighted by molar-refractivity contribution is -0.134. The Labute approximate surface area is 122 Å². The molecule has 20 heavy (non-hydrogen) atoms. The van der Waals surface area contributed by atoms with Crippen LogP contribution in [0.25, 0.3) is 0 Å². The predicted molar refractivity (Wildman–Crippen MR) is 79.7 cm³/mol. The Morgan fingerprint density at radius 3 is 2.80 bits per heavy atom. The Morgan fingerprint density at radius 1 is 1.50 bits per heavy atom. The molecule has 3 N–H and O–H groups in total. The smallest absolute Gasteiger partial charge is 0.239 e. The summed E-state index contributed by atoms with van der Waals surface area (Å²) in [5.41, 5.74) is 5.92. The van der Waals surface area contributed by atoms with Crippen molar-refractivity contribution in [1.29, 1.82) is 0 Å². The molecular weight excluding hydrogens is 278 g/mol. The Kier molecular flexibility index (Phi) is 6.91. The van der Waals surface area contributed by atoms with Crippen LogP contribution in [0.15, 0.2) is 0 Å². The van der Waals surface area contributed by atoms with Crippen LogP contribution in [0, 0.1) is 5.92 Å². The van der Waals surface area contributed by atoms with Gasteiger partial charge in [-0.25, -0.2) is 13.1 Å². The number of sulfonamides is 1. The number of hydrogen-bond donors (Lipinski definition) is 2. The molecule has 1 saturated heterocycles. The average molecular weight is 305 g/mol. The monoisotopic (exact) mass is 305 g/mol. The molecule has 6 nitrogen and oxygen atoms in total. The molecule has 0 aromatic carbocycles. The molecule has 0 aromatic rings. The van der Waals surface area contributed by atoms with Crippen molar-refractivity contribution in [3.8, 4) is 0 Å². The third-order valence-corrected chi connectivity index (χ3v) is 4.34. The van der Waals surface area contributed by atoms with E-state index in [4.69, 9.17) is 5.73 Å². The summed E-state index contributed by atoms with van der Waals surface area (Å²) in [6, 6.07) is -0.420. The summed E-state index contributed by atoms with van der Waals surface area (Å²) in [5.74, 6) is 0.184. The first kappa shape index (κ1) is 17.4. The first-order valence-corrected chi connectivity index (χ1v) is 9.21. The molecule has 7 heteroatoms. The third kappa shape index (κ3) is 6.19. The van der Waals surface area contributed by atoms with Gasteiger partial charge in [-0.3, -0.25) is 4.79 Å². The number of nitrogens with one attached hydrogen (secondary N) is 1. The van der Waals surface area contributed by atoms with E-state index in [2.05, 4.69) is 11.6 Å². The van der Waals surface area contributed by atoms with Gasteiger partial charge in [-0.05, 0) is 25.2 Å². The fourth-order valence-corrected chi connectivity index (χ4v) is 3.02. The van der Waals surface area contributed by atoms with E-state index >= 15 is 0 Å². The summed E-state index contributed by atoms with van der Waals surface area (Å²) in [6.45, 7) is 3.80. The molecule has 1 fully saturated rings. The molecule has 2 atom stereocenters. The van der Waals surface area contributed by atoms with E-state index in [-0.39, 0.29) is 11.8 Å². The van der Waals surface area contributed by atoms with Crippen molar-refractivity contribution >= 4 is 15.9 Å². The average Bonchev–Trinajstić information content (AvgIpc) is 2.41. The van der Waals surface area contributed by atoms with Crippen molar-refractivity contribution in [2.75, 3.05) is 25.9 Å². The van der Waals surface area contributed by atoms with Gasteiger partial charge in [-0.15, -0.1) is 0 Å². The zero-order valence-electron chi connectivity index (χ0n) is 12.5. The first-order valence-electron chi connectivity index (χ1n) is 7.32. The largest absolute Gasteiger partial charge is 0.341 e. The highest BCUT2D eigenvalue weighted by atomic mass is 32.2. The van der Waals surface area contributed by atoms with Gasteiger partial charge in [-0.1, -0.05) is 19.8 Å². The van der Waals surface area contributed by atoms with Crippen molar-refractivity contribution < 1.29 is 13.2 Å². The van der Waals surface area contributed by atoms with E-state index in [1.54, 1.807) is 4.90 Å². The second-order valence-electron chi connectivity index (χ2n) is 5.66. The fraction of sp³-hybridized carbons (Fsp3) is 0.923. The number of likely N-dealkylation sites (tertiary alicyclic amines) is 1. The minimum absolute atomic E-state index is 0.00232. The SMILES string of the molecule is CCCCC(N)C(=O)N1CCCC(CNS(C)(=O)=O)C1. The Bertz CT molecular complexity index is 411. The van der Waals surface area contributed by atoms with E-state index in [1.807, 2.05) is 0 Å². The van der Waals surface area contributed by atoms with Crippen molar-refractivity contribution in [2.45, 2.75) is 45.1 Å². The topological polar surface area (TPSA) is 92.5 Å². The zero-order chi connectivity index (χ0) is 15.2. The number of amides is 1. The van der Waals surface area contributed by atoms with Gasteiger partial charge in [0.2, 0.25) is 15.9 Å². The minimum Gasteiger partial charge on any atom is -0.341 e. The van der Waals surface area contributed by atoms with Crippen LogP contribution in [-0.4, -0.2) is 51.2 Å². The van der Waals surface area contributed by atoms with Crippen LogP contribution in [0.3, 0.4) is 0 Å². The molecule has 1 amide bonds. The maximum absolute atomic E-state index is 12.2. The maximum atomic E-state index is 12.2. The molecule has 118 valence electrons. The molecular formula is C13H27N3O3S. The van der Waals surface area contributed by atoms with Crippen molar-refractivity contribution in [3.63, 3.8) is 0 Å². The van der Waals surface area contributed by atoms with Crippen LogP contribution in [0.1, 0.15) is 39.0 Å². The molecule has 0 saturated carbocycles. The predicted octanol–water partition coefficient (Wildman–Crippen LogP) is 0.292. The number of hydrogen-bond acceptors (Lipinski definition) is 4. The lowest BCUT2D eigenvalue weighted by Gasteiger charge is -2.34. The molecule has 1 heterocycles. The van der Waals surface area contributed by atoms with E-state index in [1.165, 1.54) is 0 Å². The van der Waals surface area contributed by atoms with E-state index in [0.29, 0.717) is 13.1 Å². The summed E-state index contributed by atoms with van der Waals surface area (Å²) in [7, 11) is -3.17. The molecule has 2 unspecified atom stereocenters. The van der Waals surface area contributed by atoms with Crippen LogP contribution in [-0.2, 0) is 14.8 Å². The van der Waals surface area contributed by atoms with E-state index < -0.39 is 16.1 Å².